The highest BCUT2D eigenvalue weighted by Gasteiger charge is 2.04. The number of rotatable bonds is 1. The number of fused-ring (bicyclic) bond motifs is 1. The molecule has 0 bridgehead atoms. The molecule has 7 heteroatoms. The van der Waals surface area contributed by atoms with Crippen molar-refractivity contribution in [1.82, 2.24) is 19.8 Å². The van der Waals surface area contributed by atoms with Crippen LogP contribution in [0.2, 0.25) is 0 Å². The Kier molecular flexibility index (Phi) is 1.81. The predicted octanol–water partition coefficient (Wildman–Crippen LogP) is 0.268. The minimum absolute atomic E-state index is 0.239. The smallest absolute Gasteiger partial charge is 0.265 e. The minimum Gasteiger partial charge on any atom is -0.265 e. The molecule has 0 unspecified atom stereocenters. The fraction of sp³-hybridized carbons (Fsp3) is 0.200. The van der Waals surface area contributed by atoms with Crippen LogP contribution in [-0.4, -0.2) is 26.1 Å². The summed E-state index contributed by atoms with van der Waals surface area (Å²) >= 11 is 2.84. The van der Waals surface area contributed by atoms with Gasteiger partial charge in [-0.25, -0.2) is 0 Å². The molecule has 0 amide bonds. The third-order valence-electron chi connectivity index (χ3n) is 1.24. The molecule has 0 aliphatic rings. The molecule has 0 aromatic carbocycles. The van der Waals surface area contributed by atoms with Crippen LogP contribution in [0.4, 0.5) is 0 Å². The summed E-state index contributed by atoms with van der Waals surface area (Å²) in [6.45, 7) is 0. The number of aromatic nitrogens is 4. The van der Waals surface area contributed by atoms with Crippen molar-refractivity contribution >= 4 is 28.1 Å². The second-order valence-corrected chi connectivity index (χ2v) is 3.96. The lowest BCUT2D eigenvalue weighted by Crippen LogP contribution is -2.14. The van der Waals surface area contributed by atoms with Gasteiger partial charge in [0.25, 0.3) is 5.56 Å². The topological polar surface area (TPSA) is 60.2 Å². The molecule has 0 aliphatic heterocycles. The highest BCUT2D eigenvalue weighted by Crippen LogP contribution is 2.19. The summed E-state index contributed by atoms with van der Waals surface area (Å²) in [6.07, 6.45) is 3.05. The van der Waals surface area contributed by atoms with Crippen LogP contribution in [0.25, 0.3) is 4.96 Å². The summed E-state index contributed by atoms with van der Waals surface area (Å²) in [7, 11) is 0. The summed E-state index contributed by atoms with van der Waals surface area (Å²) in [5.41, 5.74) is -0.239. The van der Waals surface area contributed by atoms with E-state index in [1.165, 1.54) is 27.6 Å². The molecule has 0 spiro atoms. The third-order valence-corrected chi connectivity index (χ3v) is 3.11. The molecule has 2 rings (SSSR count). The Morgan fingerprint density at radius 1 is 1.67 bits per heavy atom. The van der Waals surface area contributed by atoms with Gasteiger partial charge < -0.3 is 0 Å². The molecule has 2 aromatic rings. The van der Waals surface area contributed by atoms with Crippen molar-refractivity contribution in [2.75, 3.05) is 6.26 Å². The third kappa shape index (κ3) is 1.10. The minimum atomic E-state index is -0.239. The second-order valence-electron chi connectivity index (χ2n) is 1.95. The van der Waals surface area contributed by atoms with Crippen LogP contribution >= 0.6 is 23.1 Å². The predicted molar refractivity (Wildman–Crippen MR) is 46.7 cm³/mol. The second kappa shape index (κ2) is 2.83. The van der Waals surface area contributed by atoms with Gasteiger partial charge in [0.05, 0.1) is 0 Å². The van der Waals surface area contributed by atoms with Crippen LogP contribution < -0.4 is 5.56 Å². The van der Waals surface area contributed by atoms with Crippen molar-refractivity contribution in [3.05, 3.63) is 16.6 Å². The van der Waals surface area contributed by atoms with Gasteiger partial charge in [-0.15, -0.1) is 10.2 Å². The standard InChI is InChI=1S/C5H4N4OS2/c1-11-5-8-9-3(10)2-6-7-4(9)12-5/h2H,1H3. The van der Waals surface area contributed by atoms with Gasteiger partial charge in [-0.3, -0.25) is 4.79 Å². The highest BCUT2D eigenvalue weighted by molar-refractivity contribution is 8.00. The zero-order valence-electron chi connectivity index (χ0n) is 6.09. The number of nitrogens with zero attached hydrogens (tertiary/aromatic N) is 4. The molecule has 5 nitrogen and oxygen atoms in total. The van der Waals surface area contributed by atoms with Crippen molar-refractivity contribution in [3.8, 4) is 0 Å². The molecule has 0 fully saturated rings. The van der Waals surface area contributed by atoms with Gasteiger partial charge in [0.15, 0.2) is 4.34 Å². The Balaban J connectivity index is 2.83. The average molecular weight is 200 g/mol. The summed E-state index contributed by atoms with van der Waals surface area (Å²) in [5, 5.41) is 11.3. The fourth-order valence-electron chi connectivity index (χ4n) is 0.737. The largest absolute Gasteiger partial charge is 0.293 e. The first kappa shape index (κ1) is 7.69. The van der Waals surface area contributed by atoms with Gasteiger partial charge in [-0.05, 0) is 6.26 Å². The van der Waals surface area contributed by atoms with E-state index < -0.39 is 0 Å². The molecule has 0 N–H and O–H groups in total. The van der Waals surface area contributed by atoms with Crippen molar-refractivity contribution in [1.29, 1.82) is 0 Å². The lowest BCUT2D eigenvalue weighted by Gasteiger charge is -1.82. The van der Waals surface area contributed by atoms with Crippen LogP contribution in [0.1, 0.15) is 0 Å². The molecule has 0 radical (unpaired) electrons. The van der Waals surface area contributed by atoms with E-state index in [0.717, 1.165) is 10.5 Å². The van der Waals surface area contributed by atoms with E-state index in [9.17, 15) is 4.79 Å². The van der Waals surface area contributed by atoms with Gasteiger partial charge in [0.1, 0.15) is 6.20 Å². The zero-order chi connectivity index (χ0) is 8.55. The van der Waals surface area contributed by atoms with Crippen LogP contribution in [0, 0.1) is 0 Å². The van der Waals surface area contributed by atoms with Crippen LogP contribution in [0.3, 0.4) is 0 Å². The first-order valence-corrected chi connectivity index (χ1v) is 5.11. The van der Waals surface area contributed by atoms with Crippen LogP contribution in [0.5, 0.6) is 0 Å². The van der Waals surface area contributed by atoms with Gasteiger partial charge in [-0.2, -0.15) is 9.61 Å². The lowest BCUT2D eigenvalue weighted by molar-refractivity contribution is 0.824. The van der Waals surface area contributed by atoms with Crippen molar-refractivity contribution in [3.63, 3.8) is 0 Å². The summed E-state index contributed by atoms with van der Waals surface area (Å²) in [5.74, 6) is 0. The number of thioether (sulfide) groups is 1. The Morgan fingerprint density at radius 3 is 3.17 bits per heavy atom. The van der Waals surface area contributed by atoms with Gasteiger partial charge in [-0.1, -0.05) is 23.1 Å². The molecule has 0 atom stereocenters. The molecular weight excluding hydrogens is 196 g/mol. The van der Waals surface area contributed by atoms with Crippen molar-refractivity contribution in [2.45, 2.75) is 4.34 Å². The van der Waals surface area contributed by atoms with E-state index in [2.05, 4.69) is 15.3 Å². The fourth-order valence-corrected chi connectivity index (χ4v) is 2.04. The Morgan fingerprint density at radius 2 is 2.50 bits per heavy atom. The Hall–Kier alpha value is -0.950. The van der Waals surface area contributed by atoms with Gasteiger partial charge in [0, 0.05) is 0 Å². The summed E-state index contributed by atoms with van der Waals surface area (Å²) < 4.78 is 2.07. The lowest BCUT2D eigenvalue weighted by atomic mass is 10.9. The Bertz CT molecular complexity index is 462. The van der Waals surface area contributed by atoms with E-state index in [1.54, 1.807) is 0 Å². The van der Waals surface area contributed by atoms with E-state index >= 15 is 0 Å². The maximum absolute atomic E-state index is 11.1. The van der Waals surface area contributed by atoms with E-state index in [4.69, 9.17) is 0 Å². The van der Waals surface area contributed by atoms with E-state index in [0.29, 0.717) is 4.96 Å². The monoisotopic (exact) mass is 200 g/mol. The molecule has 0 aliphatic carbocycles. The number of hydrogen-bond donors (Lipinski definition) is 0. The molecule has 2 heterocycles. The van der Waals surface area contributed by atoms with Crippen molar-refractivity contribution in [2.24, 2.45) is 0 Å². The van der Waals surface area contributed by atoms with Crippen molar-refractivity contribution < 1.29 is 0 Å². The maximum Gasteiger partial charge on any atom is 0.293 e. The van der Waals surface area contributed by atoms with E-state index in [-0.39, 0.29) is 5.56 Å². The number of hydrogen-bond acceptors (Lipinski definition) is 6. The summed E-state index contributed by atoms with van der Waals surface area (Å²) in [6, 6.07) is 0. The van der Waals surface area contributed by atoms with Crippen LogP contribution in [0.15, 0.2) is 15.3 Å². The highest BCUT2D eigenvalue weighted by atomic mass is 32.2. The molecular formula is C5H4N4OS2. The molecule has 2 aromatic heterocycles. The normalized spacial score (nSPS) is 10.8. The first-order chi connectivity index (χ1) is 5.81. The quantitative estimate of drug-likeness (QED) is 0.618. The summed E-state index contributed by atoms with van der Waals surface area (Å²) in [4.78, 5) is 11.6. The Labute approximate surface area is 75.4 Å². The maximum atomic E-state index is 11.1. The average Bonchev–Trinajstić information content (AvgIpc) is 2.49. The van der Waals surface area contributed by atoms with Crippen LogP contribution in [-0.2, 0) is 0 Å². The zero-order valence-corrected chi connectivity index (χ0v) is 7.72. The van der Waals surface area contributed by atoms with E-state index in [1.807, 2.05) is 6.26 Å². The SMILES string of the molecule is CSc1nn2c(=O)cnnc2s1. The first-order valence-electron chi connectivity index (χ1n) is 3.07. The van der Waals surface area contributed by atoms with Gasteiger partial charge in [0.2, 0.25) is 4.96 Å². The molecule has 0 saturated heterocycles. The molecule has 62 valence electrons. The molecule has 0 saturated carbocycles. The molecule has 12 heavy (non-hydrogen) atoms. The van der Waals surface area contributed by atoms with Gasteiger partial charge >= 0.3 is 0 Å².